The van der Waals surface area contributed by atoms with Crippen LogP contribution in [0.5, 0.6) is 5.75 Å². The smallest absolute Gasteiger partial charge is 0.271 e. The Morgan fingerprint density at radius 3 is 2.62 bits per heavy atom. The molecule has 0 spiro atoms. The summed E-state index contributed by atoms with van der Waals surface area (Å²) in [7, 11) is -3.64. The average molecular weight is 366 g/mol. The van der Waals surface area contributed by atoms with Gasteiger partial charge in [0.15, 0.2) is 0 Å². The van der Waals surface area contributed by atoms with Crippen LogP contribution in [0.4, 0.5) is 5.69 Å². The third kappa shape index (κ3) is 4.03. The fourth-order valence-corrected chi connectivity index (χ4v) is 4.43. The van der Waals surface area contributed by atoms with Gasteiger partial charge in [0, 0.05) is 11.3 Å². The summed E-state index contributed by atoms with van der Waals surface area (Å²) in [5.74, 6) is 0.880. The van der Waals surface area contributed by atoms with Crippen LogP contribution in [-0.2, 0) is 15.9 Å². The lowest BCUT2D eigenvalue weighted by molar-refractivity contribution is 0.337. The Morgan fingerprint density at radius 2 is 2.05 bits per heavy atom. The van der Waals surface area contributed by atoms with Crippen LogP contribution in [0, 0.1) is 0 Å². The first-order valence-electron chi connectivity index (χ1n) is 6.06. The molecule has 0 radical (unpaired) electrons. The average Bonchev–Trinajstić information content (AvgIpc) is 2.88. The van der Waals surface area contributed by atoms with Crippen molar-refractivity contribution in [1.29, 1.82) is 0 Å². The van der Waals surface area contributed by atoms with E-state index in [-0.39, 0.29) is 10.1 Å². The van der Waals surface area contributed by atoms with Crippen molar-refractivity contribution < 1.29 is 13.2 Å². The van der Waals surface area contributed by atoms with Gasteiger partial charge in [-0.2, -0.15) is 0 Å². The van der Waals surface area contributed by atoms with Gasteiger partial charge < -0.3 is 4.74 Å². The molecule has 1 aromatic carbocycles. The molecule has 0 bridgehead atoms. The lowest BCUT2D eigenvalue weighted by atomic mass is 10.2. The van der Waals surface area contributed by atoms with Gasteiger partial charge >= 0.3 is 0 Å². The number of nitrogens with one attached hydrogen (secondary N) is 1. The van der Waals surface area contributed by atoms with Crippen LogP contribution in [0.15, 0.2) is 34.5 Å². The van der Waals surface area contributed by atoms with Gasteiger partial charge in [-0.1, -0.05) is 11.6 Å². The van der Waals surface area contributed by atoms with Crippen LogP contribution in [0.2, 0.25) is 4.34 Å². The minimum atomic E-state index is -3.64. The number of sulfonamides is 1. The predicted molar refractivity (Wildman–Crippen MR) is 87.3 cm³/mol. The zero-order valence-electron chi connectivity index (χ0n) is 11.1. The monoisotopic (exact) mass is 365 g/mol. The fraction of sp³-hybridized carbons (Fsp3) is 0.231. The molecular weight excluding hydrogens is 353 g/mol. The summed E-state index contributed by atoms with van der Waals surface area (Å²) < 4.78 is 32.9. The molecule has 114 valence electrons. The number of anilines is 1. The first-order chi connectivity index (χ1) is 9.96. The van der Waals surface area contributed by atoms with Gasteiger partial charge in [-0.15, -0.1) is 22.9 Å². The summed E-state index contributed by atoms with van der Waals surface area (Å²) in [4.78, 5) is 0. The van der Waals surface area contributed by atoms with Crippen LogP contribution in [0.25, 0.3) is 0 Å². The third-order valence-corrected chi connectivity index (χ3v) is 5.96. The van der Waals surface area contributed by atoms with Crippen LogP contribution >= 0.6 is 34.5 Å². The van der Waals surface area contributed by atoms with Crippen LogP contribution in [0.3, 0.4) is 0 Å². The van der Waals surface area contributed by atoms with E-state index in [9.17, 15) is 8.42 Å². The van der Waals surface area contributed by atoms with Crippen molar-refractivity contribution in [3.8, 4) is 5.75 Å². The lowest BCUT2D eigenvalue weighted by Gasteiger charge is -2.11. The van der Waals surface area contributed by atoms with Gasteiger partial charge in [0.05, 0.1) is 16.8 Å². The molecule has 1 heterocycles. The maximum absolute atomic E-state index is 12.2. The molecule has 1 aromatic heterocycles. The Bertz CT molecular complexity index is 729. The predicted octanol–water partition coefficient (Wildman–Crippen LogP) is 4.34. The number of hydrogen-bond acceptors (Lipinski definition) is 4. The van der Waals surface area contributed by atoms with Gasteiger partial charge in [0.1, 0.15) is 9.96 Å². The molecule has 0 aliphatic rings. The third-order valence-electron chi connectivity index (χ3n) is 2.57. The maximum atomic E-state index is 12.2. The first kappa shape index (κ1) is 16.4. The van der Waals surface area contributed by atoms with Gasteiger partial charge in [-0.05, 0) is 37.3 Å². The number of ether oxygens (including phenoxy) is 1. The Morgan fingerprint density at radius 1 is 1.29 bits per heavy atom. The molecule has 21 heavy (non-hydrogen) atoms. The second kappa shape index (κ2) is 6.87. The number of hydrogen-bond donors (Lipinski definition) is 1. The summed E-state index contributed by atoms with van der Waals surface area (Å²) in [5, 5.41) is 0. The highest BCUT2D eigenvalue weighted by molar-refractivity contribution is 7.94. The van der Waals surface area contributed by atoms with E-state index >= 15 is 0 Å². The van der Waals surface area contributed by atoms with Crippen LogP contribution in [0.1, 0.15) is 12.5 Å². The van der Waals surface area contributed by atoms with Crippen molar-refractivity contribution in [2.24, 2.45) is 0 Å². The topological polar surface area (TPSA) is 55.4 Å². The number of alkyl halides is 1. The summed E-state index contributed by atoms with van der Waals surface area (Å²) >= 11 is 12.6. The van der Waals surface area contributed by atoms with Gasteiger partial charge in [0.2, 0.25) is 0 Å². The van der Waals surface area contributed by atoms with E-state index in [1.54, 1.807) is 24.3 Å². The minimum absolute atomic E-state index is 0.161. The van der Waals surface area contributed by atoms with E-state index < -0.39 is 10.0 Å². The number of benzene rings is 1. The Balaban J connectivity index is 2.27. The van der Waals surface area contributed by atoms with Crippen LogP contribution < -0.4 is 9.46 Å². The van der Waals surface area contributed by atoms with E-state index in [1.165, 1.54) is 6.07 Å². The molecule has 0 unspecified atom stereocenters. The minimum Gasteiger partial charge on any atom is -0.494 e. The van der Waals surface area contributed by atoms with Crippen molar-refractivity contribution in [1.82, 2.24) is 0 Å². The normalized spacial score (nSPS) is 11.4. The zero-order valence-corrected chi connectivity index (χ0v) is 14.2. The van der Waals surface area contributed by atoms with E-state index in [0.29, 0.717) is 22.4 Å². The van der Waals surface area contributed by atoms with E-state index in [1.807, 2.05) is 6.92 Å². The molecule has 8 heteroatoms. The molecule has 4 nitrogen and oxygen atoms in total. The standard InChI is InChI=1S/C13H13Cl2NO3S2/c1-2-19-11-4-3-10(7-9(11)8-14)16-21(17,18)13-6-5-12(15)20-13/h3-7,16H,2,8H2,1H3. The highest BCUT2D eigenvalue weighted by Gasteiger charge is 2.17. The molecule has 2 rings (SSSR count). The molecular formula is C13H13Cl2NO3S2. The van der Waals surface area contributed by atoms with Crippen molar-refractivity contribution in [2.45, 2.75) is 17.0 Å². The Kier molecular flexibility index (Phi) is 5.37. The van der Waals surface area contributed by atoms with Crippen molar-refractivity contribution >= 4 is 50.2 Å². The number of rotatable bonds is 6. The van der Waals surface area contributed by atoms with Gasteiger partial charge in [-0.25, -0.2) is 8.42 Å². The van der Waals surface area contributed by atoms with Crippen molar-refractivity contribution in [2.75, 3.05) is 11.3 Å². The zero-order chi connectivity index (χ0) is 15.5. The molecule has 0 fully saturated rings. The molecule has 0 aliphatic heterocycles. The summed E-state index contributed by atoms with van der Waals surface area (Å²) in [6, 6.07) is 7.99. The molecule has 0 saturated carbocycles. The summed E-state index contributed by atoms with van der Waals surface area (Å²) in [6.45, 7) is 2.39. The molecule has 0 amide bonds. The Labute approximate surface area is 137 Å². The van der Waals surface area contributed by atoms with Crippen LogP contribution in [-0.4, -0.2) is 15.0 Å². The molecule has 0 aliphatic carbocycles. The lowest BCUT2D eigenvalue weighted by Crippen LogP contribution is -2.11. The molecule has 2 aromatic rings. The second-order valence-electron chi connectivity index (χ2n) is 4.05. The van der Waals surface area contributed by atoms with Gasteiger partial charge in [-0.3, -0.25) is 4.72 Å². The highest BCUT2D eigenvalue weighted by Crippen LogP contribution is 2.29. The van der Waals surface area contributed by atoms with E-state index in [0.717, 1.165) is 16.9 Å². The summed E-state index contributed by atoms with van der Waals surface area (Å²) in [6.07, 6.45) is 0. The maximum Gasteiger partial charge on any atom is 0.271 e. The van der Waals surface area contributed by atoms with E-state index in [4.69, 9.17) is 27.9 Å². The molecule has 1 N–H and O–H groups in total. The highest BCUT2D eigenvalue weighted by atomic mass is 35.5. The number of thiophene rings is 1. The summed E-state index contributed by atoms with van der Waals surface area (Å²) in [5.41, 5.74) is 1.15. The first-order valence-corrected chi connectivity index (χ1v) is 9.27. The quantitative estimate of drug-likeness (QED) is 0.774. The molecule has 0 saturated heterocycles. The van der Waals surface area contributed by atoms with Crippen molar-refractivity contribution in [3.63, 3.8) is 0 Å². The number of halogens is 2. The largest absolute Gasteiger partial charge is 0.494 e. The second-order valence-corrected chi connectivity index (χ2v) is 7.94. The molecule has 0 atom stereocenters. The van der Waals surface area contributed by atoms with Crippen molar-refractivity contribution in [3.05, 3.63) is 40.2 Å². The Hall–Kier alpha value is -0.950. The van der Waals surface area contributed by atoms with Gasteiger partial charge in [0.25, 0.3) is 10.0 Å². The fourth-order valence-electron chi connectivity index (χ4n) is 1.69. The van der Waals surface area contributed by atoms with E-state index in [2.05, 4.69) is 4.72 Å². The SMILES string of the molecule is CCOc1ccc(NS(=O)(=O)c2ccc(Cl)s2)cc1CCl.